The van der Waals surface area contributed by atoms with E-state index in [1.807, 2.05) is 12.1 Å². The largest absolute Gasteiger partial charge is 0.459 e. The van der Waals surface area contributed by atoms with Gasteiger partial charge in [0, 0.05) is 6.07 Å². The summed E-state index contributed by atoms with van der Waals surface area (Å²) in [4.78, 5) is 13.1. The molecule has 1 aliphatic heterocycles. The second kappa shape index (κ2) is 6.10. The number of hydrogen-bond donors (Lipinski definition) is 0. The van der Waals surface area contributed by atoms with Crippen LogP contribution in [0.4, 0.5) is 5.69 Å². The van der Waals surface area contributed by atoms with Gasteiger partial charge in [-0.05, 0) is 44.1 Å². The third kappa shape index (κ3) is 3.13. The number of nitro benzene ring substituents is 1. The third-order valence-corrected chi connectivity index (χ3v) is 3.86. The van der Waals surface area contributed by atoms with Crippen LogP contribution in [0.5, 0.6) is 0 Å². The summed E-state index contributed by atoms with van der Waals surface area (Å²) in [5.74, 6) is 1.43. The SMILES string of the molecule is O=[N+]([O-])c1ccccc1-c1ccc(CN2CCCCC2)o1. The number of furan rings is 1. The van der Waals surface area contributed by atoms with Crippen molar-refractivity contribution in [2.75, 3.05) is 13.1 Å². The van der Waals surface area contributed by atoms with E-state index in [9.17, 15) is 10.1 Å². The van der Waals surface area contributed by atoms with Gasteiger partial charge in [0.05, 0.1) is 17.0 Å². The Kier molecular flexibility index (Phi) is 4.01. The minimum Gasteiger partial charge on any atom is -0.459 e. The van der Waals surface area contributed by atoms with Gasteiger partial charge in [-0.2, -0.15) is 0 Å². The van der Waals surface area contributed by atoms with Crippen LogP contribution < -0.4 is 0 Å². The Hall–Kier alpha value is -2.14. The van der Waals surface area contributed by atoms with E-state index >= 15 is 0 Å². The average Bonchev–Trinajstić information content (AvgIpc) is 2.96. The van der Waals surface area contributed by atoms with Crippen LogP contribution in [0.3, 0.4) is 0 Å². The number of hydrogen-bond acceptors (Lipinski definition) is 4. The number of benzene rings is 1. The summed E-state index contributed by atoms with van der Waals surface area (Å²) in [7, 11) is 0. The Balaban J connectivity index is 1.80. The van der Waals surface area contributed by atoms with E-state index in [4.69, 9.17) is 4.42 Å². The Morgan fingerprint density at radius 3 is 2.62 bits per heavy atom. The van der Waals surface area contributed by atoms with Gasteiger partial charge in [-0.25, -0.2) is 0 Å². The Morgan fingerprint density at radius 2 is 1.86 bits per heavy atom. The zero-order valence-corrected chi connectivity index (χ0v) is 11.8. The summed E-state index contributed by atoms with van der Waals surface area (Å²) in [5.41, 5.74) is 0.615. The van der Waals surface area contributed by atoms with Crippen LogP contribution in [0.1, 0.15) is 25.0 Å². The highest BCUT2D eigenvalue weighted by molar-refractivity contribution is 5.69. The second-order valence-electron chi connectivity index (χ2n) is 5.38. The lowest BCUT2D eigenvalue weighted by molar-refractivity contribution is -0.384. The molecule has 1 aromatic heterocycles. The summed E-state index contributed by atoms with van der Waals surface area (Å²) < 4.78 is 5.82. The smallest absolute Gasteiger partial charge is 0.280 e. The summed E-state index contributed by atoms with van der Waals surface area (Å²) in [6, 6.07) is 10.4. The van der Waals surface area contributed by atoms with Crippen molar-refractivity contribution in [3.8, 4) is 11.3 Å². The van der Waals surface area contributed by atoms with Crippen molar-refractivity contribution in [1.29, 1.82) is 0 Å². The Morgan fingerprint density at radius 1 is 1.10 bits per heavy atom. The average molecular weight is 286 g/mol. The highest BCUT2D eigenvalue weighted by atomic mass is 16.6. The van der Waals surface area contributed by atoms with Crippen molar-refractivity contribution in [2.24, 2.45) is 0 Å². The molecule has 0 aliphatic carbocycles. The first-order valence-electron chi connectivity index (χ1n) is 7.29. The van der Waals surface area contributed by atoms with Crippen molar-refractivity contribution < 1.29 is 9.34 Å². The van der Waals surface area contributed by atoms with E-state index in [2.05, 4.69) is 4.90 Å². The summed E-state index contributed by atoms with van der Waals surface area (Å²) >= 11 is 0. The maximum absolute atomic E-state index is 11.1. The molecule has 0 N–H and O–H groups in total. The highest BCUT2D eigenvalue weighted by Gasteiger charge is 2.18. The number of nitro groups is 1. The van der Waals surface area contributed by atoms with E-state index in [0.29, 0.717) is 11.3 Å². The number of piperidine rings is 1. The van der Waals surface area contributed by atoms with Crippen molar-refractivity contribution in [3.63, 3.8) is 0 Å². The first kappa shape index (κ1) is 13.8. The van der Waals surface area contributed by atoms with Gasteiger partial charge in [-0.1, -0.05) is 18.6 Å². The van der Waals surface area contributed by atoms with Crippen LogP contribution >= 0.6 is 0 Å². The monoisotopic (exact) mass is 286 g/mol. The van der Waals surface area contributed by atoms with Crippen LogP contribution in [0.15, 0.2) is 40.8 Å². The first-order chi connectivity index (χ1) is 10.2. The molecule has 1 aromatic carbocycles. The molecule has 0 spiro atoms. The molecule has 21 heavy (non-hydrogen) atoms. The molecule has 110 valence electrons. The lowest BCUT2D eigenvalue weighted by Gasteiger charge is -2.25. The standard InChI is InChI=1S/C16H18N2O3/c19-18(20)15-7-3-2-6-14(15)16-9-8-13(21-16)12-17-10-4-1-5-11-17/h2-3,6-9H,1,4-5,10-12H2. The molecule has 0 saturated carbocycles. The van der Waals surface area contributed by atoms with Crippen LogP contribution in [-0.2, 0) is 6.54 Å². The molecule has 0 radical (unpaired) electrons. The van der Waals surface area contributed by atoms with Gasteiger partial charge in [0.1, 0.15) is 11.5 Å². The predicted octanol–water partition coefficient (Wildman–Crippen LogP) is 3.84. The molecule has 5 nitrogen and oxygen atoms in total. The first-order valence-corrected chi connectivity index (χ1v) is 7.29. The quantitative estimate of drug-likeness (QED) is 0.633. The molecule has 0 bridgehead atoms. The molecule has 0 unspecified atom stereocenters. The summed E-state index contributed by atoms with van der Waals surface area (Å²) in [5, 5.41) is 11.1. The zero-order valence-electron chi connectivity index (χ0n) is 11.8. The van der Waals surface area contributed by atoms with E-state index in [1.54, 1.807) is 18.2 Å². The van der Waals surface area contributed by atoms with Crippen molar-refractivity contribution >= 4 is 5.69 Å². The normalized spacial score (nSPS) is 16.0. The maximum atomic E-state index is 11.1. The lowest BCUT2D eigenvalue weighted by Crippen LogP contribution is -2.28. The van der Waals surface area contributed by atoms with Crippen LogP contribution in [0, 0.1) is 10.1 Å². The van der Waals surface area contributed by atoms with Gasteiger partial charge in [0.15, 0.2) is 0 Å². The molecule has 1 fully saturated rings. The van der Waals surface area contributed by atoms with Gasteiger partial charge >= 0.3 is 0 Å². The van der Waals surface area contributed by atoms with Gasteiger partial charge in [0.25, 0.3) is 5.69 Å². The number of para-hydroxylation sites is 1. The maximum Gasteiger partial charge on any atom is 0.280 e. The number of likely N-dealkylation sites (tertiary alicyclic amines) is 1. The molecule has 1 aliphatic rings. The Labute approximate surface area is 123 Å². The molecule has 5 heteroatoms. The van der Waals surface area contributed by atoms with Crippen LogP contribution in [-0.4, -0.2) is 22.9 Å². The van der Waals surface area contributed by atoms with Crippen molar-refractivity contribution in [1.82, 2.24) is 4.90 Å². The predicted molar refractivity (Wildman–Crippen MR) is 79.9 cm³/mol. The van der Waals surface area contributed by atoms with Crippen LogP contribution in [0.2, 0.25) is 0 Å². The minimum absolute atomic E-state index is 0.0800. The Bertz CT molecular complexity index is 630. The molecule has 0 atom stereocenters. The molecule has 1 saturated heterocycles. The molecule has 2 aromatic rings. The molecule has 0 amide bonds. The van der Waals surface area contributed by atoms with E-state index in [1.165, 1.54) is 25.3 Å². The third-order valence-electron chi connectivity index (χ3n) is 3.86. The molecular weight excluding hydrogens is 268 g/mol. The van der Waals surface area contributed by atoms with Crippen molar-refractivity contribution in [2.45, 2.75) is 25.8 Å². The van der Waals surface area contributed by atoms with Gasteiger partial charge in [-0.15, -0.1) is 0 Å². The summed E-state index contributed by atoms with van der Waals surface area (Å²) in [6.45, 7) is 2.98. The number of nitrogens with zero attached hydrogens (tertiary/aromatic N) is 2. The van der Waals surface area contributed by atoms with Gasteiger partial charge in [0.2, 0.25) is 0 Å². The van der Waals surface area contributed by atoms with Gasteiger partial charge in [-0.3, -0.25) is 15.0 Å². The number of rotatable bonds is 4. The fourth-order valence-electron chi connectivity index (χ4n) is 2.79. The minimum atomic E-state index is -0.373. The zero-order chi connectivity index (χ0) is 14.7. The topological polar surface area (TPSA) is 59.5 Å². The fraction of sp³-hybridized carbons (Fsp3) is 0.375. The van der Waals surface area contributed by atoms with E-state index in [-0.39, 0.29) is 10.6 Å². The molecule has 3 rings (SSSR count). The van der Waals surface area contributed by atoms with E-state index in [0.717, 1.165) is 25.4 Å². The van der Waals surface area contributed by atoms with Crippen molar-refractivity contribution in [3.05, 3.63) is 52.3 Å². The lowest BCUT2D eigenvalue weighted by atomic mass is 10.1. The highest BCUT2D eigenvalue weighted by Crippen LogP contribution is 2.31. The molecular formula is C16H18N2O3. The fourth-order valence-corrected chi connectivity index (χ4v) is 2.79. The van der Waals surface area contributed by atoms with E-state index < -0.39 is 0 Å². The molecule has 2 heterocycles. The summed E-state index contributed by atoms with van der Waals surface area (Å²) in [6.07, 6.45) is 3.77. The van der Waals surface area contributed by atoms with Gasteiger partial charge < -0.3 is 4.42 Å². The van der Waals surface area contributed by atoms with Crippen LogP contribution in [0.25, 0.3) is 11.3 Å². The second-order valence-corrected chi connectivity index (χ2v) is 5.38.